The Labute approximate surface area is 142 Å². The van der Waals surface area contributed by atoms with E-state index in [2.05, 4.69) is 80.5 Å². The summed E-state index contributed by atoms with van der Waals surface area (Å²) in [5.74, 6) is 0. The first-order valence-electron chi connectivity index (χ1n) is 6.92. The van der Waals surface area contributed by atoms with Gasteiger partial charge in [0, 0.05) is 15.4 Å². The lowest BCUT2D eigenvalue weighted by atomic mass is 10.0. The first-order chi connectivity index (χ1) is 9.70. The molecule has 1 nitrogen and oxygen atoms in total. The van der Waals surface area contributed by atoms with Crippen molar-refractivity contribution in [2.45, 2.75) is 32.2 Å². The Hall–Kier alpha value is -0.160. The van der Waals surface area contributed by atoms with Crippen molar-refractivity contribution in [3.63, 3.8) is 0 Å². The molecule has 1 heterocycles. The highest BCUT2D eigenvalue weighted by atomic mass is 79.9. The number of halogens is 2. The summed E-state index contributed by atoms with van der Waals surface area (Å²) in [6, 6.07) is 13.4. The van der Waals surface area contributed by atoms with E-state index >= 15 is 0 Å². The van der Waals surface area contributed by atoms with Crippen molar-refractivity contribution in [3.05, 3.63) is 55.1 Å². The van der Waals surface area contributed by atoms with Gasteiger partial charge in [-0.05, 0) is 69.3 Å². The first kappa shape index (κ1) is 16.2. The van der Waals surface area contributed by atoms with Gasteiger partial charge in [-0.1, -0.05) is 37.3 Å². The average molecular weight is 417 g/mol. The molecule has 0 aliphatic rings. The fourth-order valence-electron chi connectivity index (χ4n) is 2.15. The molecule has 0 saturated carbocycles. The minimum absolute atomic E-state index is 0.433. The van der Waals surface area contributed by atoms with Gasteiger partial charge in [0.05, 0.1) is 3.79 Å². The third-order valence-electron chi connectivity index (χ3n) is 3.21. The quantitative estimate of drug-likeness (QED) is 0.588. The van der Waals surface area contributed by atoms with Crippen LogP contribution in [-0.4, -0.2) is 6.54 Å². The molecule has 4 heteroatoms. The highest BCUT2D eigenvalue weighted by Crippen LogP contribution is 2.36. The smallest absolute Gasteiger partial charge is 0.0843 e. The van der Waals surface area contributed by atoms with Gasteiger partial charge < -0.3 is 5.32 Å². The van der Waals surface area contributed by atoms with Crippen LogP contribution >= 0.6 is 43.2 Å². The van der Waals surface area contributed by atoms with Crippen LogP contribution in [0.15, 0.2) is 44.7 Å². The van der Waals surface area contributed by atoms with E-state index in [9.17, 15) is 0 Å². The molecule has 0 saturated heterocycles. The molecule has 0 bridgehead atoms. The van der Waals surface area contributed by atoms with Crippen LogP contribution in [0, 0.1) is 0 Å². The van der Waals surface area contributed by atoms with Gasteiger partial charge in [-0.15, -0.1) is 11.3 Å². The van der Waals surface area contributed by atoms with Crippen molar-refractivity contribution in [2.24, 2.45) is 0 Å². The van der Waals surface area contributed by atoms with Gasteiger partial charge in [0.15, 0.2) is 0 Å². The lowest BCUT2D eigenvalue weighted by Crippen LogP contribution is -2.21. The summed E-state index contributed by atoms with van der Waals surface area (Å²) in [5, 5.41) is 3.67. The van der Waals surface area contributed by atoms with E-state index in [1.807, 2.05) is 11.3 Å². The van der Waals surface area contributed by atoms with Crippen molar-refractivity contribution in [2.75, 3.05) is 6.54 Å². The summed E-state index contributed by atoms with van der Waals surface area (Å²) < 4.78 is 2.33. The molecule has 0 aliphatic heterocycles. The van der Waals surface area contributed by atoms with E-state index in [-0.39, 0.29) is 0 Å². The fraction of sp³-hybridized carbons (Fsp3) is 0.375. The predicted octanol–water partition coefficient (Wildman–Crippen LogP) is 5.95. The fourth-order valence-corrected chi connectivity index (χ4v) is 4.35. The Morgan fingerprint density at radius 2 is 1.95 bits per heavy atom. The number of nitrogens with one attached hydrogen (secondary N) is 1. The summed E-state index contributed by atoms with van der Waals surface area (Å²) >= 11 is 8.99. The Morgan fingerprint density at radius 1 is 1.20 bits per heavy atom. The second-order valence-corrected chi connectivity index (χ2v) is 8.06. The van der Waals surface area contributed by atoms with Gasteiger partial charge in [0.1, 0.15) is 0 Å². The second kappa shape index (κ2) is 8.32. The van der Waals surface area contributed by atoms with Gasteiger partial charge in [-0.25, -0.2) is 0 Å². The van der Waals surface area contributed by atoms with Crippen LogP contribution in [0.4, 0.5) is 0 Å². The standard InChI is InChI=1S/C16H19Br2NS/c1-2-10-19-14(15-11-13(17)16(18)20-15)9-8-12-6-4-3-5-7-12/h3-7,11,14,19H,2,8-10H2,1H3. The third kappa shape index (κ3) is 4.69. The zero-order chi connectivity index (χ0) is 14.4. The van der Waals surface area contributed by atoms with E-state index in [0.29, 0.717) is 6.04 Å². The Balaban J connectivity index is 2.03. The lowest BCUT2D eigenvalue weighted by Gasteiger charge is -2.17. The monoisotopic (exact) mass is 415 g/mol. The molecular weight excluding hydrogens is 398 g/mol. The van der Waals surface area contributed by atoms with Gasteiger partial charge >= 0.3 is 0 Å². The van der Waals surface area contributed by atoms with Crippen LogP contribution in [0.5, 0.6) is 0 Å². The number of thiophene rings is 1. The second-order valence-electron chi connectivity index (χ2n) is 4.80. The number of rotatable bonds is 7. The van der Waals surface area contributed by atoms with E-state index in [1.54, 1.807) is 0 Å². The highest BCUT2D eigenvalue weighted by Gasteiger charge is 2.15. The van der Waals surface area contributed by atoms with Crippen LogP contribution in [0.2, 0.25) is 0 Å². The first-order valence-corrected chi connectivity index (χ1v) is 9.33. The highest BCUT2D eigenvalue weighted by molar-refractivity contribution is 9.13. The molecule has 0 radical (unpaired) electrons. The van der Waals surface area contributed by atoms with Gasteiger partial charge in [-0.2, -0.15) is 0 Å². The molecule has 0 aliphatic carbocycles. The van der Waals surface area contributed by atoms with Gasteiger partial charge in [0.25, 0.3) is 0 Å². The van der Waals surface area contributed by atoms with Gasteiger partial charge in [0.2, 0.25) is 0 Å². The van der Waals surface area contributed by atoms with Crippen LogP contribution in [0.3, 0.4) is 0 Å². The van der Waals surface area contributed by atoms with Crippen molar-refractivity contribution in [1.82, 2.24) is 5.32 Å². The Bertz CT molecular complexity index is 505. The molecule has 1 aromatic carbocycles. The molecule has 1 aromatic heterocycles. The summed E-state index contributed by atoms with van der Waals surface area (Å²) in [6.45, 7) is 3.27. The summed E-state index contributed by atoms with van der Waals surface area (Å²) in [7, 11) is 0. The van der Waals surface area contributed by atoms with Crippen LogP contribution in [0.1, 0.15) is 36.2 Å². The van der Waals surface area contributed by atoms with E-state index in [1.165, 1.54) is 14.2 Å². The predicted molar refractivity (Wildman–Crippen MR) is 95.5 cm³/mol. The maximum Gasteiger partial charge on any atom is 0.0843 e. The number of hydrogen-bond donors (Lipinski definition) is 1. The SMILES string of the molecule is CCCNC(CCc1ccccc1)c1cc(Br)c(Br)s1. The maximum absolute atomic E-state index is 3.67. The molecule has 1 unspecified atom stereocenters. The summed E-state index contributed by atoms with van der Waals surface area (Å²) in [6.07, 6.45) is 3.40. The van der Waals surface area contributed by atoms with Crippen molar-refractivity contribution in [1.29, 1.82) is 0 Å². The van der Waals surface area contributed by atoms with Crippen LogP contribution < -0.4 is 5.32 Å². The lowest BCUT2D eigenvalue weighted by molar-refractivity contribution is 0.506. The molecule has 2 aromatic rings. The third-order valence-corrected chi connectivity index (χ3v) is 6.58. The molecule has 1 N–H and O–H groups in total. The maximum atomic E-state index is 3.67. The van der Waals surface area contributed by atoms with Crippen LogP contribution in [0.25, 0.3) is 0 Å². The zero-order valence-corrected chi connectivity index (χ0v) is 15.5. The molecule has 0 fully saturated rings. The van der Waals surface area contributed by atoms with E-state index < -0.39 is 0 Å². The largest absolute Gasteiger partial charge is 0.309 e. The molecule has 2 rings (SSSR count). The molecule has 0 amide bonds. The number of benzene rings is 1. The number of hydrogen-bond acceptors (Lipinski definition) is 2. The molecule has 1 atom stereocenters. The normalized spacial score (nSPS) is 12.6. The average Bonchev–Trinajstić information content (AvgIpc) is 2.80. The Kier molecular flexibility index (Phi) is 6.75. The molecule has 20 heavy (non-hydrogen) atoms. The summed E-state index contributed by atoms with van der Waals surface area (Å²) in [5.41, 5.74) is 1.41. The zero-order valence-electron chi connectivity index (χ0n) is 11.5. The Morgan fingerprint density at radius 3 is 2.55 bits per heavy atom. The van der Waals surface area contributed by atoms with Crippen LogP contribution in [-0.2, 0) is 6.42 Å². The number of aryl methyl sites for hydroxylation is 1. The minimum atomic E-state index is 0.433. The van der Waals surface area contributed by atoms with Gasteiger partial charge in [-0.3, -0.25) is 0 Å². The van der Waals surface area contributed by atoms with Crippen molar-refractivity contribution >= 4 is 43.2 Å². The van der Waals surface area contributed by atoms with Crippen molar-refractivity contribution < 1.29 is 0 Å². The van der Waals surface area contributed by atoms with E-state index in [4.69, 9.17) is 0 Å². The molecule has 108 valence electrons. The van der Waals surface area contributed by atoms with E-state index in [0.717, 1.165) is 30.3 Å². The molecule has 0 spiro atoms. The molecular formula is C16H19Br2NS. The summed E-state index contributed by atoms with van der Waals surface area (Å²) in [4.78, 5) is 1.40. The minimum Gasteiger partial charge on any atom is -0.309 e. The van der Waals surface area contributed by atoms with Crippen molar-refractivity contribution in [3.8, 4) is 0 Å². The topological polar surface area (TPSA) is 12.0 Å².